The molecule has 0 radical (unpaired) electrons. The molecule has 5 heteroatoms. The Hall–Kier alpha value is -1.10. The van der Waals surface area contributed by atoms with E-state index in [4.69, 9.17) is 16.0 Å². The van der Waals surface area contributed by atoms with Crippen LogP contribution in [0.1, 0.15) is 53.2 Å². The highest BCUT2D eigenvalue weighted by Crippen LogP contribution is 2.41. The zero-order valence-electron chi connectivity index (χ0n) is 16.8. The van der Waals surface area contributed by atoms with Gasteiger partial charge in [-0.1, -0.05) is 51.1 Å². The number of amides is 1. The summed E-state index contributed by atoms with van der Waals surface area (Å²) < 4.78 is 6.56. The number of hydrogen-bond acceptors (Lipinski definition) is 2. The van der Waals surface area contributed by atoms with Crippen molar-refractivity contribution in [3.63, 3.8) is 0 Å². The molecular weight excluding hydrogens is 350 g/mol. The van der Waals surface area contributed by atoms with Gasteiger partial charge in [-0.2, -0.15) is 0 Å². The van der Waals surface area contributed by atoms with Crippen LogP contribution in [0.5, 0.6) is 0 Å². The average Bonchev–Trinajstić information content (AvgIpc) is 2.42. The van der Waals surface area contributed by atoms with Crippen molar-refractivity contribution < 1.29 is 9.22 Å². The third kappa shape index (κ3) is 6.28. The van der Waals surface area contributed by atoms with Crippen LogP contribution in [0.15, 0.2) is 36.4 Å². The van der Waals surface area contributed by atoms with E-state index in [1.165, 1.54) is 0 Å². The lowest BCUT2D eigenvalue weighted by Crippen LogP contribution is -2.45. The molecule has 0 heterocycles. The molecule has 1 aromatic carbocycles. The van der Waals surface area contributed by atoms with E-state index in [2.05, 4.69) is 45.8 Å². The van der Waals surface area contributed by atoms with Gasteiger partial charge in [0.25, 0.3) is 0 Å². The predicted octanol–water partition coefficient (Wildman–Crippen LogP) is 5.87. The Morgan fingerprint density at radius 3 is 2.00 bits per heavy atom. The molecular formula is C20H32ClNO2Si. The summed E-state index contributed by atoms with van der Waals surface area (Å²) in [6.45, 7) is 20.8. The third-order valence-corrected chi connectivity index (χ3v) is 9.18. The second-order valence-corrected chi connectivity index (χ2v) is 14.2. The molecule has 0 aromatic heterocycles. The summed E-state index contributed by atoms with van der Waals surface area (Å²) in [6.07, 6.45) is -0.486. The summed E-state index contributed by atoms with van der Waals surface area (Å²) in [4.78, 5) is 12.7. The third-order valence-electron chi connectivity index (χ3n) is 4.49. The molecule has 140 valence electrons. The zero-order chi connectivity index (χ0) is 19.6. The van der Waals surface area contributed by atoms with Gasteiger partial charge in [-0.05, 0) is 56.6 Å². The fourth-order valence-corrected chi connectivity index (χ4v) is 3.34. The van der Waals surface area contributed by atoms with Crippen LogP contribution in [0, 0.1) is 0 Å². The molecule has 1 amide bonds. The van der Waals surface area contributed by atoms with Crippen LogP contribution in [-0.2, 0) is 9.22 Å². The van der Waals surface area contributed by atoms with E-state index in [0.717, 1.165) is 5.56 Å². The minimum Gasteiger partial charge on any atom is -0.406 e. The van der Waals surface area contributed by atoms with Crippen molar-refractivity contribution >= 4 is 25.8 Å². The van der Waals surface area contributed by atoms with Crippen molar-refractivity contribution in [2.24, 2.45) is 0 Å². The van der Waals surface area contributed by atoms with Gasteiger partial charge in [0, 0.05) is 16.1 Å². The molecule has 0 spiro atoms. The van der Waals surface area contributed by atoms with Crippen LogP contribution < -0.4 is 5.32 Å². The number of rotatable bonds is 5. The molecule has 1 rings (SSSR count). The number of benzene rings is 1. The minimum absolute atomic E-state index is 0.0262. The smallest absolute Gasteiger partial charge is 0.249 e. The first kappa shape index (κ1) is 21.9. The SMILES string of the molecule is C=C(C(=O)NC(C)(C)C)[C@H](O[Si](C)(C)C(C)(C)C)c1ccc(Cl)cc1. The van der Waals surface area contributed by atoms with E-state index in [1.807, 2.05) is 45.0 Å². The number of carbonyl (C=O) groups is 1. The first-order chi connectivity index (χ1) is 11.1. The Kier molecular flexibility index (Phi) is 6.71. The lowest BCUT2D eigenvalue weighted by atomic mass is 10.0. The van der Waals surface area contributed by atoms with Crippen LogP contribution in [-0.4, -0.2) is 19.8 Å². The summed E-state index contributed by atoms with van der Waals surface area (Å²) in [5.41, 5.74) is 0.979. The first-order valence-electron chi connectivity index (χ1n) is 8.59. The number of halogens is 1. The van der Waals surface area contributed by atoms with E-state index in [0.29, 0.717) is 10.6 Å². The zero-order valence-corrected chi connectivity index (χ0v) is 18.5. The molecule has 3 nitrogen and oxygen atoms in total. The fraction of sp³-hybridized carbons (Fsp3) is 0.550. The van der Waals surface area contributed by atoms with Crippen molar-refractivity contribution in [2.75, 3.05) is 0 Å². The van der Waals surface area contributed by atoms with E-state index >= 15 is 0 Å². The van der Waals surface area contributed by atoms with Gasteiger partial charge in [-0.3, -0.25) is 4.79 Å². The van der Waals surface area contributed by atoms with Crippen LogP contribution in [0.2, 0.25) is 23.2 Å². The van der Waals surface area contributed by atoms with Gasteiger partial charge in [-0.15, -0.1) is 0 Å². The molecule has 1 N–H and O–H groups in total. The van der Waals surface area contributed by atoms with Crippen LogP contribution in [0.4, 0.5) is 0 Å². The summed E-state index contributed by atoms with van der Waals surface area (Å²) in [5, 5.41) is 3.65. The summed E-state index contributed by atoms with van der Waals surface area (Å²) in [5.74, 6) is -0.189. The van der Waals surface area contributed by atoms with Crippen LogP contribution in [0.25, 0.3) is 0 Å². The summed E-state index contributed by atoms with van der Waals surface area (Å²) in [6, 6.07) is 7.42. The highest BCUT2D eigenvalue weighted by molar-refractivity contribution is 6.74. The molecule has 0 saturated carbocycles. The van der Waals surface area contributed by atoms with Gasteiger partial charge in [0.1, 0.15) is 6.10 Å². The van der Waals surface area contributed by atoms with Crippen molar-refractivity contribution in [1.82, 2.24) is 5.32 Å². The maximum atomic E-state index is 12.7. The lowest BCUT2D eigenvalue weighted by molar-refractivity contribution is -0.119. The molecule has 1 atom stereocenters. The lowest BCUT2D eigenvalue weighted by Gasteiger charge is -2.40. The molecule has 0 aliphatic carbocycles. The van der Waals surface area contributed by atoms with Crippen molar-refractivity contribution in [2.45, 2.75) is 71.3 Å². The largest absolute Gasteiger partial charge is 0.406 e. The molecule has 1 aromatic rings. The second-order valence-electron chi connectivity index (χ2n) is 9.04. The highest BCUT2D eigenvalue weighted by atomic mass is 35.5. The molecule has 25 heavy (non-hydrogen) atoms. The topological polar surface area (TPSA) is 38.3 Å². The normalized spacial score (nSPS) is 14.1. The molecule has 0 aliphatic heterocycles. The van der Waals surface area contributed by atoms with Crippen molar-refractivity contribution in [3.05, 3.63) is 47.0 Å². The second kappa shape index (κ2) is 7.64. The Morgan fingerprint density at radius 1 is 1.12 bits per heavy atom. The van der Waals surface area contributed by atoms with Gasteiger partial charge in [0.2, 0.25) is 5.91 Å². The molecule has 0 bridgehead atoms. The maximum absolute atomic E-state index is 12.7. The first-order valence-corrected chi connectivity index (χ1v) is 11.9. The van der Waals surface area contributed by atoms with E-state index < -0.39 is 14.4 Å². The van der Waals surface area contributed by atoms with Crippen molar-refractivity contribution in [1.29, 1.82) is 0 Å². The van der Waals surface area contributed by atoms with Crippen LogP contribution >= 0.6 is 11.6 Å². The van der Waals surface area contributed by atoms with E-state index in [1.54, 1.807) is 0 Å². The standard InChI is InChI=1S/C20H32ClNO2Si/c1-14(18(23)22-19(2,3)4)17(15-10-12-16(21)13-11-15)24-25(8,9)20(5,6)7/h10-13,17H,1H2,2-9H3,(H,22,23)/t17-/m0/s1. The quantitative estimate of drug-likeness (QED) is 0.511. The molecule has 0 fully saturated rings. The van der Waals surface area contributed by atoms with Gasteiger partial charge in [0.05, 0.1) is 0 Å². The summed E-state index contributed by atoms with van der Waals surface area (Å²) >= 11 is 6.02. The van der Waals surface area contributed by atoms with Gasteiger partial charge in [0.15, 0.2) is 8.32 Å². The monoisotopic (exact) mass is 381 g/mol. The number of nitrogens with one attached hydrogen (secondary N) is 1. The van der Waals surface area contributed by atoms with E-state index in [9.17, 15) is 4.79 Å². The van der Waals surface area contributed by atoms with E-state index in [-0.39, 0.29) is 16.5 Å². The number of hydrogen-bond donors (Lipinski definition) is 1. The highest BCUT2D eigenvalue weighted by Gasteiger charge is 2.41. The van der Waals surface area contributed by atoms with Gasteiger partial charge < -0.3 is 9.74 Å². The Bertz CT molecular complexity index is 625. The Morgan fingerprint density at radius 2 is 1.60 bits per heavy atom. The Labute approximate surface area is 158 Å². The van der Waals surface area contributed by atoms with Gasteiger partial charge >= 0.3 is 0 Å². The number of carbonyl (C=O) groups excluding carboxylic acids is 1. The summed E-state index contributed by atoms with van der Waals surface area (Å²) in [7, 11) is -2.11. The Balaban J connectivity index is 3.22. The predicted molar refractivity (Wildman–Crippen MR) is 110 cm³/mol. The minimum atomic E-state index is -2.11. The maximum Gasteiger partial charge on any atom is 0.249 e. The average molecular weight is 382 g/mol. The fourth-order valence-electron chi connectivity index (χ4n) is 1.99. The van der Waals surface area contributed by atoms with Crippen molar-refractivity contribution in [3.8, 4) is 0 Å². The van der Waals surface area contributed by atoms with Crippen LogP contribution in [0.3, 0.4) is 0 Å². The molecule has 0 aliphatic rings. The van der Waals surface area contributed by atoms with Gasteiger partial charge in [-0.25, -0.2) is 0 Å². The molecule has 0 unspecified atom stereocenters. The molecule has 0 saturated heterocycles.